The van der Waals surface area contributed by atoms with Gasteiger partial charge in [-0.3, -0.25) is 0 Å². The molecule has 2 aromatic rings. The fourth-order valence-electron chi connectivity index (χ4n) is 2.76. The Morgan fingerprint density at radius 2 is 1.44 bits per heavy atom. The Hall–Kier alpha value is -1.60. The number of rotatable bonds is 4. The van der Waals surface area contributed by atoms with Gasteiger partial charge in [0.05, 0.1) is 0 Å². The molecule has 2 N–H and O–H groups in total. The van der Waals surface area contributed by atoms with E-state index < -0.39 is 0 Å². The molecule has 0 heterocycles. The van der Waals surface area contributed by atoms with Crippen LogP contribution in [0.5, 0.6) is 0 Å². The molecule has 0 radical (unpaired) electrons. The molecule has 2 aromatic carbocycles. The van der Waals surface area contributed by atoms with Gasteiger partial charge in [0.15, 0.2) is 0 Å². The van der Waals surface area contributed by atoms with Gasteiger partial charge in [-0.2, -0.15) is 0 Å². The van der Waals surface area contributed by atoms with Gasteiger partial charge < -0.3 is 5.73 Å². The Morgan fingerprint density at radius 1 is 0.833 bits per heavy atom. The monoisotopic (exact) mass is 237 g/mol. The predicted octanol–water partition coefficient (Wildman–Crippen LogP) is 3.73. The van der Waals surface area contributed by atoms with Crippen molar-refractivity contribution in [1.82, 2.24) is 0 Å². The molecule has 0 atom stereocenters. The molecule has 18 heavy (non-hydrogen) atoms. The van der Waals surface area contributed by atoms with E-state index in [2.05, 4.69) is 54.6 Å². The highest BCUT2D eigenvalue weighted by Gasteiger charge is 2.42. The summed E-state index contributed by atoms with van der Waals surface area (Å²) in [5, 5.41) is 0. The lowest BCUT2D eigenvalue weighted by atomic mass is 9.91. The summed E-state index contributed by atoms with van der Waals surface area (Å²) in [4.78, 5) is 0. The normalized spacial score (nSPS) is 16.5. The minimum atomic E-state index is 0.407. The van der Waals surface area contributed by atoms with E-state index in [1.54, 1.807) is 0 Å². The van der Waals surface area contributed by atoms with Crippen LogP contribution in [0.1, 0.15) is 24.8 Å². The second-order valence-electron chi connectivity index (χ2n) is 5.26. The topological polar surface area (TPSA) is 26.0 Å². The van der Waals surface area contributed by atoms with Crippen molar-refractivity contribution < 1.29 is 0 Å². The Morgan fingerprint density at radius 3 is 2.00 bits per heavy atom. The van der Waals surface area contributed by atoms with Crippen LogP contribution in [-0.4, -0.2) is 6.54 Å². The Kier molecular flexibility index (Phi) is 2.92. The van der Waals surface area contributed by atoms with Gasteiger partial charge in [-0.25, -0.2) is 0 Å². The maximum atomic E-state index is 5.71. The highest BCUT2D eigenvalue weighted by atomic mass is 14.6. The van der Waals surface area contributed by atoms with E-state index in [0.717, 1.165) is 13.0 Å². The largest absolute Gasteiger partial charge is 0.330 e. The van der Waals surface area contributed by atoms with Gasteiger partial charge in [0.1, 0.15) is 0 Å². The van der Waals surface area contributed by atoms with Crippen molar-refractivity contribution >= 4 is 0 Å². The number of hydrogen-bond acceptors (Lipinski definition) is 1. The molecule has 1 fully saturated rings. The van der Waals surface area contributed by atoms with E-state index in [0.29, 0.717) is 5.41 Å². The van der Waals surface area contributed by atoms with Crippen LogP contribution in [0.3, 0.4) is 0 Å². The molecule has 1 nitrogen and oxygen atoms in total. The van der Waals surface area contributed by atoms with Crippen LogP contribution in [0.25, 0.3) is 11.1 Å². The number of nitrogens with two attached hydrogens (primary N) is 1. The molecule has 0 saturated heterocycles. The molecular formula is C17H19N. The Balaban J connectivity index is 1.86. The summed E-state index contributed by atoms with van der Waals surface area (Å²) in [5.74, 6) is 0. The van der Waals surface area contributed by atoms with Crippen LogP contribution in [0, 0.1) is 0 Å². The van der Waals surface area contributed by atoms with Crippen molar-refractivity contribution in [3.8, 4) is 11.1 Å². The lowest BCUT2D eigenvalue weighted by molar-refractivity contribution is 0.629. The van der Waals surface area contributed by atoms with Crippen molar-refractivity contribution in [2.75, 3.05) is 6.54 Å². The first-order valence-corrected chi connectivity index (χ1v) is 6.70. The van der Waals surface area contributed by atoms with Crippen LogP contribution < -0.4 is 5.73 Å². The average Bonchev–Trinajstić information content (AvgIpc) is 3.21. The first-order valence-electron chi connectivity index (χ1n) is 6.70. The summed E-state index contributed by atoms with van der Waals surface area (Å²) in [6, 6.07) is 19.6. The van der Waals surface area contributed by atoms with Crippen molar-refractivity contribution in [3.05, 3.63) is 60.2 Å². The molecule has 0 spiro atoms. The molecule has 1 saturated carbocycles. The van der Waals surface area contributed by atoms with Gasteiger partial charge in [-0.15, -0.1) is 0 Å². The highest BCUT2D eigenvalue weighted by Crippen LogP contribution is 2.50. The fraction of sp³-hybridized carbons (Fsp3) is 0.294. The summed E-state index contributed by atoms with van der Waals surface area (Å²) in [6.45, 7) is 0.792. The first kappa shape index (κ1) is 11.5. The average molecular weight is 237 g/mol. The van der Waals surface area contributed by atoms with Crippen molar-refractivity contribution in [1.29, 1.82) is 0 Å². The molecule has 92 valence electrons. The van der Waals surface area contributed by atoms with Gasteiger partial charge in [-0.1, -0.05) is 54.6 Å². The Labute approximate surface area is 109 Å². The molecule has 0 amide bonds. The quantitative estimate of drug-likeness (QED) is 0.861. The minimum absolute atomic E-state index is 0.407. The standard InChI is InChI=1S/C17H19N/c18-13-12-17(10-11-17)16-8-6-15(7-9-16)14-4-2-1-3-5-14/h1-9H,10-13,18H2. The zero-order valence-corrected chi connectivity index (χ0v) is 10.6. The molecule has 1 aliphatic rings. The van der Waals surface area contributed by atoms with Gasteiger partial charge in [0.25, 0.3) is 0 Å². The van der Waals surface area contributed by atoms with E-state index in [9.17, 15) is 0 Å². The molecule has 0 aliphatic heterocycles. The third kappa shape index (κ3) is 2.06. The summed E-state index contributed by atoms with van der Waals surface area (Å²) in [7, 11) is 0. The molecule has 0 aromatic heterocycles. The number of benzene rings is 2. The van der Waals surface area contributed by atoms with Gasteiger partial charge in [0.2, 0.25) is 0 Å². The minimum Gasteiger partial charge on any atom is -0.330 e. The van der Waals surface area contributed by atoms with Crippen LogP contribution >= 0.6 is 0 Å². The van der Waals surface area contributed by atoms with E-state index in [-0.39, 0.29) is 0 Å². The molecule has 0 bridgehead atoms. The van der Waals surface area contributed by atoms with Crippen molar-refractivity contribution in [3.63, 3.8) is 0 Å². The predicted molar refractivity (Wildman–Crippen MR) is 76.5 cm³/mol. The van der Waals surface area contributed by atoms with Gasteiger partial charge in [0, 0.05) is 0 Å². The fourth-order valence-corrected chi connectivity index (χ4v) is 2.76. The smallest absolute Gasteiger partial charge is 0.00344 e. The van der Waals surface area contributed by atoms with Crippen LogP contribution in [0.2, 0.25) is 0 Å². The second kappa shape index (κ2) is 4.58. The SMILES string of the molecule is NCCC1(c2ccc(-c3ccccc3)cc2)CC1. The number of hydrogen-bond donors (Lipinski definition) is 1. The molecular weight excluding hydrogens is 218 g/mol. The van der Waals surface area contributed by atoms with Crippen LogP contribution in [0.4, 0.5) is 0 Å². The second-order valence-corrected chi connectivity index (χ2v) is 5.26. The highest BCUT2D eigenvalue weighted by molar-refractivity contribution is 5.63. The zero-order chi connectivity index (χ0) is 12.4. The summed E-state index contributed by atoms with van der Waals surface area (Å²) >= 11 is 0. The lowest BCUT2D eigenvalue weighted by Gasteiger charge is -2.15. The van der Waals surface area contributed by atoms with Crippen molar-refractivity contribution in [2.24, 2.45) is 5.73 Å². The Bertz CT molecular complexity index is 509. The van der Waals surface area contributed by atoms with Crippen molar-refractivity contribution in [2.45, 2.75) is 24.7 Å². The van der Waals surface area contributed by atoms with E-state index in [4.69, 9.17) is 5.73 Å². The van der Waals surface area contributed by atoms with E-state index in [1.807, 2.05) is 0 Å². The van der Waals surface area contributed by atoms with Gasteiger partial charge in [-0.05, 0) is 47.9 Å². The summed E-state index contributed by atoms with van der Waals surface area (Å²) < 4.78 is 0. The molecule has 3 rings (SSSR count). The summed E-state index contributed by atoms with van der Waals surface area (Å²) in [5.41, 5.74) is 10.2. The van der Waals surface area contributed by atoms with Gasteiger partial charge >= 0.3 is 0 Å². The third-order valence-corrected chi connectivity index (χ3v) is 4.08. The third-order valence-electron chi connectivity index (χ3n) is 4.08. The molecule has 1 heteroatoms. The van der Waals surface area contributed by atoms with Crippen LogP contribution in [-0.2, 0) is 5.41 Å². The maximum absolute atomic E-state index is 5.71. The summed E-state index contributed by atoms with van der Waals surface area (Å²) in [6.07, 6.45) is 3.72. The first-order chi connectivity index (χ1) is 8.84. The van der Waals surface area contributed by atoms with Crippen LogP contribution in [0.15, 0.2) is 54.6 Å². The zero-order valence-electron chi connectivity index (χ0n) is 10.6. The lowest BCUT2D eigenvalue weighted by Crippen LogP contribution is -2.13. The molecule has 0 unspecified atom stereocenters. The maximum Gasteiger partial charge on any atom is -0.00344 e. The van der Waals surface area contributed by atoms with E-state index in [1.165, 1.54) is 29.5 Å². The van der Waals surface area contributed by atoms with E-state index >= 15 is 0 Å². The molecule has 1 aliphatic carbocycles.